The van der Waals surface area contributed by atoms with E-state index < -0.39 is 6.04 Å². The maximum absolute atomic E-state index is 12.9. The van der Waals surface area contributed by atoms with E-state index in [1.54, 1.807) is 22.8 Å². The summed E-state index contributed by atoms with van der Waals surface area (Å²) in [5, 5.41) is 7.95. The minimum absolute atomic E-state index is 0.0439. The summed E-state index contributed by atoms with van der Waals surface area (Å²) in [6, 6.07) is 11.2. The maximum Gasteiger partial charge on any atom is 0.264 e. The van der Waals surface area contributed by atoms with Gasteiger partial charge in [-0.25, -0.2) is 0 Å². The van der Waals surface area contributed by atoms with Crippen LogP contribution >= 0.6 is 11.3 Å². The molecular formula is C17H16N4O2S. The van der Waals surface area contributed by atoms with Crippen LogP contribution in [0, 0.1) is 0 Å². The van der Waals surface area contributed by atoms with Crippen LogP contribution in [-0.2, 0) is 11.3 Å². The zero-order valence-corrected chi connectivity index (χ0v) is 13.9. The molecule has 1 N–H and O–H groups in total. The lowest BCUT2D eigenvalue weighted by Crippen LogP contribution is -2.46. The van der Waals surface area contributed by atoms with Gasteiger partial charge in [0.25, 0.3) is 5.91 Å². The van der Waals surface area contributed by atoms with Gasteiger partial charge in [-0.3, -0.25) is 14.3 Å². The lowest BCUT2D eigenvalue weighted by Gasteiger charge is -2.32. The van der Waals surface area contributed by atoms with Gasteiger partial charge in [0.15, 0.2) is 0 Å². The molecule has 0 saturated carbocycles. The first-order valence-corrected chi connectivity index (χ1v) is 8.51. The number of nitrogens with one attached hydrogen (secondary N) is 1. The molecule has 0 bridgehead atoms. The summed E-state index contributed by atoms with van der Waals surface area (Å²) in [6.45, 7) is 0.780. The van der Waals surface area contributed by atoms with Gasteiger partial charge in [0.05, 0.1) is 23.7 Å². The third-order valence-corrected chi connectivity index (χ3v) is 5.37. The highest BCUT2D eigenvalue weighted by atomic mass is 32.1. The number of hydrogen-bond acceptors (Lipinski definition) is 4. The van der Waals surface area contributed by atoms with Crippen LogP contribution in [0.4, 0.5) is 0 Å². The summed E-state index contributed by atoms with van der Waals surface area (Å²) in [7, 11) is 1.60. The van der Waals surface area contributed by atoms with Crippen molar-refractivity contribution >= 4 is 33.2 Å². The van der Waals surface area contributed by atoms with Crippen molar-refractivity contribution in [1.82, 2.24) is 20.0 Å². The molecule has 24 heavy (non-hydrogen) atoms. The van der Waals surface area contributed by atoms with Crippen LogP contribution in [-0.4, -0.2) is 40.1 Å². The van der Waals surface area contributed by atoms with Gasteiger partial charge in [-0.1, -0.05) is 18.2 Å². The van der Waals surface area contributed by atoms with Crippen LogP contribution in [0.5, 0.6) is 0 Å². The highest BCUT2D eigenvalue weighted by Crippen LogP contribution is 2.28. The van der Waals surface area contributed by atoms with Crippen LogP contribution in [0.1, 0.15) is 21.4 Å². The predicted molar refractivity (Wildman–Crippen MR) is 91.9 cm³/mol. The quantitative estimate of drug-likeness (QED) is 0.776. The number of hydrogen-bond donors (Lipinski definition) is 1. The number of carbonyl (C=O) groups is 2. The Hall–Kier alpha value is -2.67. The molecule has 1 aliphatic heterocycles. The molecule has 3 heterocycles. The molecule has 0 saturated heterocycles. The Morgan fingerprint density at radius 1 is 1.29 bits per heavy atom. The fraction of sp³-hybridized carbons (Fsp3) is 0.235. The molecule has 0 aliphatic carbocycles. The van der Waals surface area contributed by atoms with Crippen molar-refractivity contribution in [2.45, 2.75) is 12.6 Å². The fourth-order valence-electron chi connectivity index (χ4n) is 3.05. The number of fused-ring (bicyclic) bond motifs is 2. The molecule has 4 rings (SSSR count). The van der Waals surface area contributed by atoms with Gasteiger partial charge < -0.3 is 10.2 Å². The highest BCUT2D eigenvalue weighted by Gasteiger charge is 2.33. The van der Waals surface area contributed by atoms with E-state index in [9.17, 15) is 9.59 Å². The molecule has 1 aliphatic rings. The monoisotopic (exact) mass is 340 g/mol. The first-order chi connectivity index (χ1) is 11.7. The van der Waals surface area contributed by atoms with Crippen molar-refractivity contribution in [3.8, 4) is 0 Å². The molecule has 1 atom stereocenters. The number of benzene rings is 1. The topological polar surface area (TPSA) is 67.2 Å². The minimum atomic E-state index is -0.493. The van der Waals surface area contributed by atoms with Gasteiger partial charge in [-0.05, 0) is 23.6 Å². The Labute approximate surface area is 142 Å². The van der Waals surface area contributed by atoms with Gasteiger partial charge >= 0.3 is 0 Å². The van der Waals surface area contributed by atoms with E-state index in [0.717, 1.165) is 15.8 Å². The summed E-state index contributed by atoms with van der Waals surface area (Å²) in [5.41, 5.74) is 0.865. The zero-order valence-electron chi connectivity index (χ0n) is 13.1. The van der Waals surface area contributed by atoms with E-state index in [0.29, 0.717) is 18.0 Å². The molecule has 2 amide bonds. The van der Waals surface area contributed by atoms with Gasteiger partial charge in [0.2, 0.25) is 5.91 Å². The van der Waals surface area contributed by atoms with Crippen molar-refractivity contribution in [3.63, 3.8) is 0 Å². The first-order valence-electron chi connectivity index (χ1n) is 7.69. The second-order valence-electron chi connectivity index (χ2n) is 5.73. The van der Waals surface area contributed by atoms with Gasteiger partial charge in [0, 0.05) is 17.9 Å². The Kier molecular flexibility index (Phi) is 3.57. The molecule has 0 unspecified atom stereocenters. The van der Waals surface area contributed by atoms with Crippen molar-refractivity contribution in [1.29, 1.82) is 0 Å². The first kappa shape index (κ1) is 14.9. The molecule has 7 heteroatoms. The lowest BCUT2D eigenvalue weighted by molar-refractivity contribution is -0.125. The smallest absolute Gasteiger partial charge is 0.264 e. The SMILES string of the molecule is CNC(=O)[C@H]1CN(C(=O)c2cc3ccccc3s2)Cc2ccnn21. The highest BCUT2D eigenvalue weighted by molar-refractivity contribution is 7.20. The average molecular weight is 340 g/mol. The van der Waals surface area contributed by atoms with Crippen LogP contribution in [0.15, 0.2) is 42.6 Å². The largest absolute Gasteiger partial charge is 0.357 e. The number of amides is 2. The van der Waals surface area contributed by atoms with E-state index in [1.807, 2.05) is 36.4 Å². The molecule has 0 fully saturated rings. The molecule has 0 radical (unpaired) electrons. The second kappa shape index (κ2) is 5.76. The predicted octanol–water partition coefficient (Wildman–Crippen LogP) is 2.04. The van der Waals surface area contributed by atoms with E-state index in [-0.39, 0.29) is 11.8 Å². The maximum atomic E-state index is 12.9. The van der Waals surface area contributed by atoms with E-state index >= 15 is 0 Å². The Morgan fingerprint density at radius 2 is 2.12 bits per heavy atom. The normalized spacial score (nSPS) is 16.9. The zero-order chi connectivity index (χ0) is 16.7. The number of carbonyl (C=O) groups excluding carboxylic acids is 2. The summed E-state index contributed by atoms with van der Waals surface area (Å²) in [6.07, 6.45) is 1.67. The number of nitrogens with zero attached hydrogens (tertiary/aromatic N) is 3. The van der Waals surface area contributed by atoms with Gasteiger partial charge in [-0.15, -0.1) is 11.3 Å². The van der Waals surface area contributed by atoms with E-state index in [1.165, 1.54) is 11.3 Å². The number of thiophene rings is 1. The van der Waals surface area contributed by atoms with Gasteiger partial charge in [-0.2, -0.15) is 5.10 Å². The third-order valence-electron chi connectivity index (χ3n) is 4.27. The minimum Gasteiger partial charge on any atom is -0.357 e. The molecule has 3 aromatic rings. The van der Waals surface area contributed by atoms with E-state index in [2.05, 4.69) is 10.4 Å². The van der Waals surface area contributed by atoms with Gasteiger partial charge in [0.1, 0.15) is 6.04 Å². The van der Waals surface area contributed by atoms with Crippen molar-refractivity contribution in [3.05, 3.63) is 53.2 Å². The fourth-order valence-corrected chi connectivity index (χ4v) is 4.08. The summed E-state index contributed by atoms with van der Waals surface area (Å²) >= 11 is 1.48. The van der Waals surface area contributed by atoms with Crippen molar-refractivity contribution in [2.75, 3.05) is 13.6 Å². The van der Waals surface area contributed by atoms with Crippen LogP contribution in [0.2, 0.25) is 0 Å². The molecule has 1 aromatic carbocycles. The summed E-state index contributed by atoms with van der Waals surface area (Å²) < 4.78 is 2.79. The Morgan fingerprint density at radius 3 is 2.92 bits per heavy atom. The number of rotatable bonds is 2. The van der Waals surface area contributed by atoms with Crippen molar-refractivity contribution in [2.24, 2.45) is 0 Å². The molecule has 2 aromatic heterocycles. The number of likely N-dealkylation sites (N-methyl/N-ethyl adjacent to an activating group) is 1. The Balaban J connectivity index is 1.66. The molecule has 6 nitrogen and oxygen atoms in total. The van der Waals surface area contributed by atoms with E-state index in [4.69, 9.17) is 0 Å². The Bertz CT molecular complexity index is 896. The average Bonchev–Trinajstić information content (AvgIpc) is 3.25. The molecule has 122 valence electrons. The summed E-state index contributed by atoms with van der Waals surface area (Å²) in [5.74, 6) is -0.189. The molecular weight excluding hydrogens is 324 g/mol. The van der Waals surface area contributed by atoms with Crippen molar-refractivity contribution < 1.29 is 9.59 Å². The third kappa shape index (κ3) is 2.37. The lowest BCUT2D eigenvalue weighted by atomic mass is 10.1. The van der Waals surface area contributed by atoms with Crippen LogP contribution in [0.3, 0.4) is 0 Å². The number of aromatic nitrogens is 2. The second-order valence-corrected chi connectivity index (χ2v) is 6.82. The van der Waals surface area contributed by atoms with Crippen LogP contribution < -0.4 is 5.32 Å². The summed E-state index contributed by atoms with van der Waals surface area (Å²) in [4.78, 5) is 27.5. The van der Waals surface area contributed by atoms with Crippen LogP contribution in [0.25, 0.3) is 10.1 Å². The molecule has 0 spiro atoms. The standard InChI is InChI=1S/C17H16N4O2S/c1-18-16(22)13-10-20(9-12-6-7-19-21(12)13)17(23)15-8-11-4-2-3-5-14(11)24-15/h2-8,13H,9-10H2,1H3,(H,18,22)/t13-/m1/s1.